The highest BCUT2D eigenvalue weighted by Crippen LogP contribution is 2.41. The van der Waals surface area contributed by atoms with Crippen molar-refractivity contribution in [2.75, 3.05) is 19.8 Å². The molecule has 0 saturated carbocycles. The second-order valence-corrected chi connectivity index (χ2v) is 5.16. The highest BCUT2D eigenvalue weighted by Gasteiger charge is 2.44. The Morgan fingerprint density at radius 1 is 1.53 bits per heavy atom. The Bertz CT molecular complexity index is 406. The van der Waals surface area contributed by atoms with E-state index in [4.69, 9.17) is 22.1 Å². The SMILES string of the molecule is CC(CCN)C1(c2ccc(F)c(Cl)c2)COC1. The summed E-state index contributed by atoms with van der Waals surface area (Å²) in [5.41, 5.74) is 6.62. The number of hydrogen-bond donors (Lipinski definition) is 1. The van der Waals surface area contributed by atoms with Gasteiger partial charge in [0.1, 0.15) is 5.82 Å². The predicted molar refractivity (Wildman–Crippen MR) is 66.7 cm³/mol. The molecule has 0 spiro atoms. The van der Waals surface area contributed by atoms with Crippen LogP contribution in [0.15, 0.2) is 18.2 Å². The van der Waals surface area contributed by atoms with Crippen molar-refractivity contribution in [3.8, 4) is 0 Å². The van der Waals surface area contributed by atoms with Crippen molar-refractivity contribution in [3.05, 3.63) is 34.6 Å². The van der Waals surface area contributed by atoms with Crippen LogP contribution in [0.1, 0.15) is 18.9 Å². The first-order valence-electron chi connectivity index (χ1n) is 5.83. The van der Waals surface area contributed by atoms with E-state index in [-0.39, 0.29) is 16.3 Å². The molecule has 2 N–H and O–H groups in total. The third kappa shape index (κ3) is 2.19. The fourth-order valence-corrected chi connectivity index (χ4v) is 2.57. The molecule has 0 aromatic heterocycles. The van der Waals surface area contributed by atoms with Gasteiger partial charge in [-0.2, -0.15) is 0 Å². The minimum absolute atomic E-state index is 0.0449. The van der Waals surface area contributed by atoms with Crippen LogP contribution in [0.5, 0.6) is 0 Å². The number of rotatable bonds is 4. The maximum absolute atomic E-state index is 13.2. The predicted octanol–water partition coefficient (Wildman–Crippen LogP) is 2.73. The molecule has 2 rings (SSSR count). The van der Waals surface area contributed by atoms with Crippen molar-refractivity contribution >= 4 is 11.6 Å². The molecule has 0 radical (unpaired) electrons. The van der Waals surface area contributed by atoms with Crippen LogP contribution in [0, 0.1) is 11.7 Å². The molecule has 1 heterocycles. The Kier molecular flexibility index (Phi) is 3.71. The van der Waals surface area contributed by atoms with E-state index >= 15 is 0 Å². The van der Waals surface area contributed by atoms with E-state index in [1.165, 1.54) is 6.07 Å². The number of ether oxygens (including phenoxy) is 1. The van der Waals surface area contributed by atoms with Crippen molar-refractivity contribution in [1.29, 1.82) is 0 Å². The van der Waals surface area contributed by atoms with E-state index in [0.717, 1.165) is 12.0 Å². The van der Waals surface area contributed by atoms with E-state index in [2.05, 4.69) is 6.92 Å². The van der Waals surface area contributed by atoms with Crippen molar-refractivity contribution in [1.82, 2.24) is 0 Å². The summed E-state index contributed by atoms with van der Waals surface area (Å²) < 4.78 is 18.5. The molecular weight excluding hydrogens is 241 g/mol. The first-order valence-corrected chi connectivity index (χ1v) is 6.21. The average molecular weight is 258 g/mol. The van der Waals surface area contributed by atoms with Gasteiger partial charge < -0.3 is 10.5 Å². The van der Waals surface area contributed by atoms with Crippen LogP contribution in [-0.2, 0) is 10.2 Å². The minimum atomic E-state index is -0.378. The van der Waals surface area contributed by atoms with Gasteiger partial charge in [-0.05, 0) is 36.6 Å². The molecule has 1 saturated heterocycles. The zero-order valence-corrected chi connectivity index (χ0v) is 10.6. The van der Waals surface area contributed by atoms with Crippen molar-refractivity contribution in [2.24, 2.45) is 11.7 Å². The van der Waals surface area contributed by atoms with Crippen LogP contribution in [0.2, 0.25) is 5.02 Å². The van der Waals surface area contributed by atoms with Gasteiger partial charge in [-0.25, -0.2) is 4.39 Å². The normalized spacial score (nSPS) is 19.8. The summed E-state index contributed by atoms with van der Waals surface area (Å²) in [5.74, 6) is 0.0278. The molecule has 4 heteroatoms. The number of halogens is 2. The summed E-state index contributed by atoms with van der Waals surface area (Å²) >= 11 is 5.84. The van der Waals surface area contributed by atoms with Gasteiger partial charge in [0, 0.05) is 5.41 Å². The van der Waals surface area contributed by atoms with E-state index in [1.54, 1.807) is 12.1 Å². The van der Waals surface area contributed by atoms with Crippen LogP contribution >= 0.6 is 11.6 Å². The monoisotopic (exact) mass is 257 g/mol. The molecule has 0 bridgehead atoms. The third-order valence-corrected chi connectivity index (χ3v) is 4.05. The van der Waals surface area contributed by atoms with Gasteiger partial charge >= 0.3 is 0 Å². The number of benzene rings is 1. The molecule has 1 aromatic carbocycles. The van der Waals surface area contributed by atoms with Gasteiger partial charge in [-0.1, -0.05) is 24.6 Å². The van der Waals surface area contributed by atoms with Crippen molar-refractivity contribution in [2.45, 2.75) is 18.8 Å². The van der Waals surface area contributed by atoms with Crippen LogP contribution in [0.4, 0.5) is 4.39 Å². The molecule has 17 heavy (non-hydrogen) atoms. The number of hydrogen-bond acceptors (Lipinski definition) is 2. The van der Waals surface area contributed by atoms with E-state index < -0.39 is 0 Å². The lowest BCUT2D eigenvalue weighted by Crippen LogP contribution is -2.52. The van der Waals surface area contributed by atoms with Gasteiger partial charge in [-0.15, -0.1) is 0 Å². The second-order valence-electron chi connectivity index (χ2n) is 4.76. The Morgan fingerprint density at radius 3 is 2.71 bits per heavy atom. The minimum Gasteiger partial charge on any atom is -0.379 e. The molecule has 94 valence electrons. The average Bonchev–Trinajstić information content (AvgIpc) is 2.22. The van der Waals surface area contributed by atoms with Crippen molar-refractivity contribution < 1.29 is 9.13 Å². The summed E-state index contributed by atoms with van der Waals surface area (Å²) in [6, 6.07) is 4.94. The lowest BCUT2D eigenvalue weighted by molar-refractivity contribution is -0.0883. The van der Waals surface area contributed by atoms with E-state index in [9.17, 15) is 4.39 Å². The molecule has 1 aliphatic heterocycles. The lowest BCUT2D eigenvalue weighted by Gasteiger charge is -2.46. The fourth-order valence-electron chi connectivity index (χ4n) is 2.39. The summed E-state index contributed by atoms with van der Waals surface area (Å²) in [7, 11) is 0. The third-order valence-electron chi connectivity index (χ3n) is 3.76. The fraction of sp³-hybridized carbons (Fsp3) is 0.538. The first-order chi connectivity index (χ1) is 8.10. The first kappa shape index (κ1) is 12.8. The molecule has 1 unspecified atom stereocenters. The zero-order valence-electron chi connectivity index (χ0n) is 9.88. The van der Waals surface area contributed by atoms with Gasteiger partial charge in [-0.3, -0.25) is 0 Å². The summed E-state index contributed by atoms with van der Waals surface area (Å²) in [4.78, 5) is 0. The van der Waals surface area contributed by atoms with Gasteiger partial charge in [0.2, 0.25) is 0 Å². The molecular formula is C13H17ClFNO. The van der Waals surface area contributed by atoms with Crippen LogP contribution in [0.25, 0.3) is 0 Å². The smallest absolute Gasteiger partial charge is 0.141 e. The molecule has 0 aliphatic carbocycles. The van der Waals surface area contributed by atoms with Crippen LogP contribution in [0.3, 0.4) is 0 Å². The van der Waals surface area contributed by atoms with Gasteiger partial charge in [0.25, 0.3) is 0 Å². The highest BCUT2D eigenvalue weighted by molar-refractivity contribution is 6.30. The molecule has 2 nitrogen and oxygen atoms in total. The Labute approximate surface area is 106 Å². The lowest BCUT2D eigenvalue weighted by atomic mass is 9.68. The maximum Gasteiger partial charge on any atom is 0.141 e. The number of nitrogens with two attached hydrogens (primary N) is 1. The maximum atomic E-state index is 13.2. The second kappa shape index (κ2) is 4.92. The quantitative estimate of drug-likeness (QED) is 0.900. The van der Waals surface area contributed by atoms with Crippen LogP contribution in [-0.4, -0.2) is 19.8 Å². The highest BCUT2D eigenvalue weighted by atomic mass is 35.5. The molecule has 0 amide bonds. The Morgan fingerprint density at radius 2 is 2.24 bits per heavy atom. The Balaban J connectivity index is 2.31. The summed E-state index contributed by atoms with van der Waals surface area (Å²) in [6.07, 6.45) is 0.929. The van der Waals surface area contributed by atoms with Crippen LogP contribution < -0.4 is 5.73 Å². The van der Waals surface area contributed by atoms with E-state index in [0.29, 0.717) is 25.7 Å². The summed E-state index contributed by atoms with van der Waals surface area (Å²) in [5, 5.41) is 0.175. The molecule has 1 aromatic rings. The topological polar surface area (TPSA) is 35.2 Å². The largest absolute Gasteiger partial charge is 0.379 e. The van der Waals surface area contributed by atoms with E-state index in [1.807, 2.05) is 0 Å². The standard InChI is InChI=1S/C13H17ClFNO/c1-9(4-5-16)13(7-17-8-13)10-2-3-12(15)11(14)6-10/h2-3,6,9H,4-5,7-8,16H2,1H3. The summed E-state index contributed by atoms with van der Waals surface area (Å²) in [6.45, 7) is 4.14. The molecule has 1 fully saturated rings. The zero-order chi connectivity index (χ0) is 12.5. The molecule has 1 atom stereocenters. The van der Waals surface area contributed by atoms with Gasteiger partial charge in [0.05, 0.1) is 18.2 Å². The Hall–Kier alpha value is -0.640. The molecule has 1 aliphatic rings. The van der Waals surface area contributed by atoms with Crippen molar-refractivity contribution in [3.63, 3.8) is 0 Å². The van der Waals surface area contributed by atoms with Gasteiger partial charge in [0.15, 0.2) is 0 Å².